The first kappa shape index (κ1) is 16.5. The van der Waals surface area contributed by atoms with E-state index < -0.39 is 15.8 Å². The van der Waals surface area contributed by atoms with Crippen LogP contribution in [0.25, 0.3) is 0 Å². The summed E-state index contributed by atoms with van der Waals surface area (Å²) in [5, 5.41) is 0. The SMILES string of the molecule is CC(C)N1CCn2cc(S(=O)(=O)Nc3ccccc3F)cc2C1=O. The van der Waals surface area contributed by atoms with E-state index in [1.807, 2.05) is 13.8 Å². The van der Waals surface area contributed by atoms with E-state index in [0.29, 0.717) is 18.8 Å². The predicted octanol–water partition coefficient (Wildman–Crippen LogP) is 2.29. The lowest BCUT2D eigenvalue weighted by Gasteiger charge is -2.31. The molecule has 0 unspecified atom stereocenters. The number of para-hydroxylation sites is 1. The van der Waals surface area contributed by atoms with E-state index >= 15 is 0 Å². The first-order chi connectivity index (χ1) is 11.3. The van der Waals surface area contributed by atoms with Crippen LogP contribution in [0.4, 0.5) is 10.1 Å². The molecule has 1 aromatic carbocycles. The molecule has 2 aromatic rings. The van der Waals surface area contributed by atoms with Crippen molar-refractivity contribution in [3.05, 3.63) is 48.0 Å². The van der Waals surface area contributed by atoms with Gasteiger partial charge in [-0.3, -0.25) is 9.52 Å². The van der Waals surface area contributed by atoms with Gasteiger partial charge >= 0.3 is 0 Å². The van der Waals surface area contributed by atoms with E-state index in [1.165, 1.54) is 36.5 Å². The number of carbonyl (C=O) groups is 1. The summed E-state index contributed by atoms with van der Waals surface area (Å²) in [6, 6.07) is 6.90. The van der Waals surface area contributed by atoms with Crippen LogP contribution in [0.5, 0.6) is 0 Å². The number of hydrogen-bond acceptors (Lipinski definition) is 3. The van der Waals surface area contributed by atoms with Gasteiger partial charge in [-0.25, -0.2) is 12.8 Å². The lowest BCUT2D eigenvalue weighted by molar-refractivity contribution is 0.0649. The topological polar surface area (TPSA) is 71.4 Å². The second-order valence-electron chi connectivity index (χ2n) is 5.93. The summed E-state index contributed by atoms with van der Waals surface area (Å²) >= 11 is 0. The Labute approximate surface area is 139 Å². The van der Waals surface area contributed by atoms with Crippen LogP contribution >= 0.6 is 0 Å². The van der Waals surface area contributed by atoms with E-state index in [1.54, 1.807) is 9.47 Å². The van der Waals surface area contributed by atoms with Crippen molar-refractivity contribution < 1.29 is 17.6 Å². The number of aromatic nitrogens is 1. The molecule has 1 aliphatic rings. The normalized spacial score (nSPS) is 14.8. The Kier molecular flexibility index (Phi) is 4.08. The number of nitrogens with zero attached hydrogens (tertiary/aromatic N) is 2. The number of fused-ring (bicyclic) bond motifs is 1. The minimum atomic E-state index is -3.97. The van der Waals surface area contributed by atoms with Crippen LogP contribution in [-0.2, 0) is 16.6 Å². The number of halogens is 1. The molecule has 128 valence electrons. The van der Waals surface area contributed by atoms with Gasteiger partial charge < -0.3 is 9.47 Å². The van der Waals surface area contributed by atoms with Crippen LogP contribution in [0.2, 0.25) is 0 Å². The second-order valence-corrected chi connectivity index (χ2v) is 7.61. The Hall–Kier alpha value is -2.35. The third-order valence-electron chi connectivity index (χ3n) is 3.99. The number of hydrogen-bond donors (Lipinski definition) is 1. The Morgan fingerprint density at radius 2 is 1.92 bits per heavy atom. The van der Waals surface area contributed by atoms with Crippen molar-refractivity contribution in [1.29, 1.82) is 0 Å². The van der Waals surface area contributed by atoms with Crippen LogP contribution in [0.3, 0.4) is 0 Å². The molecule has 0 spiro atoms. The highest BCUT2D eigenvalue weighted by atomic mass is 32.2. The molecule has 0 saturated carbocycles. The summed E-state index contributed by atoms with van der Waals surface area (Å²) in [5.74, 6) is -0.865. The van der Waals surface area contributed by atoms with Crippen LogP contribution in [-0.4, -0.2) is 36.4 Å². The summed E-state index contributed by atoms with van der Waals surface area (Å²) in [5.41, 5.74) is 0.195. The lowest BCUT2D eigenvalue weighted by atomic mass is 10.2. The molecule has 0 aliphatic carbocycles. The molecule has 0 fully saturated rings. The molecule has 3 rings (SSSR count). The smallest absolute Gasteiger partial charge is 0.270 e. The van der Waals surface area contributed by atoms with Crippen molar-refractivity contribution in [2.75, 3.05) is 11.3 Å². The van der Waals surface area contributed by atoms with Crippen molar-refractivity contribution >= 4 is 21.6 Å². The molecule has 0 saturated heterocycles. The van der Waals surface area contributed by atoms with Crippen molar-refractivity contribution in [1.82, 2.24) is 9.47 Å². The first-order valence-corrected chi connectivity index (χ1v) is 9.06. The highest BCUT2D eigenvalue weighted by Gasteiger charge is 2.29. The molecular weight excluding hydrogens is 333 g/mol. The van der Waals surface area contributed by atoms with E-state index in [9.17, 15) is 17.6 Å². The molecule has 1 aromatic heterocycles. The zero-order valence-corrected chi connectivity index (χ0v) is 14.2. The Bertz CT molecular complexity index is 890. The zero-order valence-electron chi connectivity index (χ0n) is 13.4. The van der Waals surface area contributed by atoms with Gasteiger partial charge in [-0.15, -0.1) is 0 Å². The summed E-state index contributed by atoms with van der Waals surface area (Å²) in [6.45, 7) is 4.87. The van der Waals surface area contributed by atoms with E-state index in [0.717, 1.165) is 0 Å². The Morgan fingerprint density at radius 1 is 1.21 bits per heavy atom. The summed E-state index contributed by atoms with van der Waals surface area (Å²) in [4.78, 5) is 14.1. The van der Waals surface area contributed by atoms with Gasteiger partial charge in [-0.05, 0) is 32.0 Å². The summed E-state index contributed by atoms with van der Waals surface area (Å²) in [6.07, 6.45) is 1.41. The molecule has 1 aliphatic heterocycles. The predicted molar refractivity (Wildman–Crippen MR) is 87.8 cm³/mol. The van der Waals surface area contributed by atoms with Crippen molar-refractivity contribution in [3.8, 4) is 0 Å². The molecular formula is C16H18FN3O3S. The number of carbonyl (C=O) groups excluding carboxylic acids is 1. The molecule has 2 heterocycles. The fourth-order valence-electron chi connectivity index (χ4n) is 2.70. The number of benzene rings is 1. The molecule has 1 amide bonds. The van der Waals surface area contributed by atoms with Crippen LogP contribution in [0, 0.1) is 5.82 Å². The van der Waals surface area contributed by atoms with Gasteiger partial charge in [0.15, 0.2) is 0 Å². The fraction of sp³-hybridized carbons (Fsp3) is 0.312. The third-order valence-corrected chi connectivity index (χ3v) is 5.32. The first-order valence-electron chi connectivity index (χ1n) is 7.58. The van der Waals surface area contributed by atoms with E-state index in [2.05, 4.69) is 4.72 Å². The monoisotopic (exact) mass is 351 g/mol. The minimum absolute atomic E-state index is 0.0396. The molecule has 0 radical (unpaired) electrons. The van der Waals surface area contributed by atoms with Gasteiger partial charge in [0.1, 0.15) is 16.4 Å². The second kappa shape index (κ2) is 5.94. The minimum Gasteiger partial charge on any atom is -0.340 e. The van der Waals surface area contributed by atoms with Gasteiger partial charge in [0, 0.05) is 25.3 Å². The Morgan fingerprint density at radius 3 is 2.58 bits per heavy atom. The van der Waals surface area contributed by atoms with E-state index in [4.69, 9.17) is 0 Å². The summed E-state index contributed by atoms with van der Waals surface area (Å²) < 4.78 is 42.5. The number of nitrogens with one attached hydrogen (secondary N) is 1. The van der Waals surface area contributed by atoms with Crippen LogP contribution < -0.4 is 4.72 Å². The van der Waals surface area contributed by atoms with Gasteiger partial charge in [0.25, 0.3) is 15.9 Å². The quantitative estimate of drug-likeness (QED) is 0.919. The number of anilines is 1. The average Bonchev–Trinajstić information content (AvgIpc) is 2.95. The maximum Gasteiger partial charge on any atom is 0.270 e. The average molecular weight is 351 g/mol. The van der Waals surface area contributed by atoms with Crippen molar-refractivity contribution in [2.24, 2.45) is 0 Å². The highest BCUT2D eigenvalue weighted by molar-refractivity contribution is 7.92. The van der Waals surface area contributed by atoms with Crippen LogP contribution in [0.15, 0.2) is 41.4 Å². The zero-order chi connectivity index (χ0) is 17.5. The maximum atomic E-state index is 13.7. The number of amides is 1. The van der Waals surface area contributed by atoms with Gasteiger partial charge in [-0.1, -0.05) is 12.1 Å². The number of sulfonamides is 1. The van der Waals surface area contributed by atoms with Crippen molar-refractivity contribution in [3.63, 3.8) is 0 Å². The summed E-state index contributed by atoms with van der Waals surface area (Å²) in [7, 11) is -3.97. The molecule has 0 atom stereocenters. The van der Waals surface area contributed by atoms with E-state index in [-0.39, 0.29) is 22.5 Å². The lowest BCUT2D eigenvalue weighted by Crippen LogP contribution is -2.43. The molecule has 1 N–H and O–H groups in total. The molecule has 24 heavy (non-hydrogen) atoms. The van der Waals surface area contributed by atoms with Gasteiger partial charge in [0.2, 0.25) is 0 Å². The largest absolute Gasteiger partial charge is 0.340 e. The third kappa shape index (κ3) is 2.89. The highest BCUT2D eigenvalue weighted by Crippen LogP contribution is 2.24. The molecule has 6 nitrogen and oxygen atoms in total. The number of rotatable bonds is 4. The fourth-order valence-corrected chi connectivity index (χ4v) is 3.80. The van der Waals surface area contributed by atoms with Crippen molar-refractivity contribution in [2.45, 2.75) is 31.3 Å². The molecule has 0 bridgehead atoms. The van der Waals surface area contributed by atoms with Gasteiger partial charge in [-0.2, -0.15) is 0 Å². The standard InChI is InChI=1S/C16H18FN3O3S/c1-11(2)20-8-7-19-10-12(9-15(19)16(20)21)24(22,23)18-14-6-4-3-5-13(14)17/h3-6,9-11,18H,7-8H2,1-2H3. The maximum absolute atomic E-state index is 13.7. The molecule has 8 heteroatoms. The van der Waals surface area contributed by atoms with Crippen LogP contribution in [0.1, 0.15) is 24.3 Å². The van der Waals surface area contributed by atoms with Gasteiger partial charge in [0.05, 0.1) is 5.69 Å². The Balaban J connectivity index is 1.93.